The first kappa shape index (κ1) is 21.9. The van der Waals surface area contributed by atoms with Gasteiger partial charge in [0.05, 0.1) is 13.2 Å². The van der Waals surface area contributed by atoms with Crippen molar-refractivity contribution in [3.05, 3.63) is 71.8 Å². The Morgan fingerprint density at radius 3 is 1.32 bits per heavy atom. The maximum Gasteiger partial charge on any atom is 0.151 e. The first-order valence-electron chi connectivity index (χ1n) is 9.00. The molecule has 4 atom stereocenters. The third-order valence-corrected chi connectivity index (χ3v) is 4.35. The first-order chi connectivity index (χ1) is 13.7. The zero-order valence-electron chi connectivity index (χ0n) is 16.1. The molecule has 0 aromatic heterocycles. The second-order valence-electron chi connectivity index (χ2n) is 6.20. The Labute approximate surface area is 165 Å². The number of ether oxygens (including phenoxy) is 4. The van der Waals surface area contributed by atoms with Gasteiger partial charge in [0, 0.05) is 14.2 Å². The summed E-state index contributed by atoms with van der Waals surface area (Å²) in [6.45, 7) is 0.467. The molecule has 0 spiro atoms. The van der Waals surface area contributed by atoms with Crippen molar-refractivity contribution in [3.63, 3.8) is 0 Å². The van der Waals surface area contributed by atoms with Gasteiger partial charge in [0.1, 0.15) is 24.4 Å². The van der Waals surface area contributed by atoms with Gasteiger partial charge in [-0.1, -0.05) is 60.7 Å². The van der Waals surface area contributed by atoms with E-state index in [-0.39, 0.29) is 13.2 Å². The van der Waals surface area contributed by atoms with Gasteiger partial charge in [-0.25, -0.2) is 0 Å². The minimum atomic E-state index is -0.919. The van der Waals surface area contributed by atoms with Crippen molar-refractivity contribution in [2.45, 2.75) is 37.6 Å². The van der Waals surface area contributed by atoms with E-state index in [1.807, 2.05) is 60.7 Å². The molecule has 150 valence electrons. The molecule has 3 unspecified atom stereocenters. The lowest BCUT2D eigenvalue weighted by molar-refractivity contribution is -0.169. The zero-order chi connectivity index (χ0) is 20.2. The molecule has 0 saturated heterocycles. The summed E-state index contributed by atoms with van der Waals surface area (Å²) in [6, 6.07) is 18.9. The Kier molecular flexibility index (Phi) is 9.51. The van der Waals surface area contributed by atoms with E-state index < -0.39 is 24.4 Å². The number of hydrogen-bond donors (Lipinski definition) is 0. The minimum Gasteiger partial charge on any atom is -0.375 e. The second-order valence-corrected chi connectivity index (χ2v) is 6.20. The van der Waals surface area contributed by atoms with E-state index in [0.717, 1.165) is 11.1 Å². The number of rotatable bonds is 13. The highest BCUT2D eigenvalue weighted by atomic mass is 16.6. The van der Waals surface area contributed by atoms with Crippen LogP contribution in [0.25, 0.3) is 0 Å². The van der Waals surface area contributed by atoms with Gasteiger partial charge in [0.2, 0.25) is 0 Å². The van der Waals surface area contributed by atoms with Crippen molar-refractivity contribution in [2.24, 2.45) is 0 Å². The lowest BCUT2D eigenvalue weighted by Crippen LogP contribution is -2.49. The SMILES string of the molecule is COC(C(C=O)OCc1ccccc1)C(OC)[C@@H](C=O)OCc1ccccc1. The summed E-state index contributed by atoms with van der Waals surface area (Å²) in [7, 11) is 2.89. The van der Waals surface area contributed by atoms with Crippen LogP contribution in [0.2, 0.25) is 0 Å². The van der Waals surface area contributed by atoms with E-state index >= 15 is 0 Å². The van der Waals surface area contributed by atoms with E-state index in [9.17, 15) is 9.59 Å². The highest BCUT2D eigenvalue weighted by molar-refractivity contribution is 5.60. The maximum absolute atomic E-state index is 11.6. The van der Waals surface area contributed by atoms with E-state index in [4.69, 9.17) is 18.9 Å². The van der Waals surface area contributed by atoms with E-state index in [1.165, 1.54) is 14.2 Å². The molecule has 0 saturated carbocycles. The summed E-state index contributed by atoms with van der Waals surface area (Å²) in [5.74, 6) is 0. The highest BCUT2D eigenvalue weighted by Gasteiger charge is 2.37. The van der Waals surface area contributed by atoms with Crippen LogP contribution < -0.4 is 0 Å². The third-order valence-electron chi connectivity index (χ3n) is 4.35. The van der Waals surface area contributed by atoms with Crippen molar-refractivity contribution >= 4 is 12.6 Å². The largest absolute Gasteiger partial charge is 0.375 e. The third kappa shape index (κ3) is 6.35. The Morgan fingerprint density at radius 1 is 0.679 bits per heavy atom. The standard InChI is InChI=1S/C22H26O6/c1-25-21(19(13-23)27-15-17-9-5-3-6-10-17)22(26-2)20(14-24)28-16-18-11-7-4-8-12-18/h3-14,19-22H,15-16H2,1-2H3/t19-,20?,21?,22?/m1/s1. The molecule has 0 fully saturated rings. The van der Waals surface area contributed by atoms with Crippen LogP contribution >= 0.6 is 0 Å². The number of methoxy groups -OCH3 is 2. The lowest BCUT2D eigenvalue weighted by Gasteiger charge is -2.32. The first-order valence-corrected chi connectivity index (χ1v) is 9.00. The van der Waals surface area contributed by atoms with Gasteiger partial charge >= 0.3 is 0 Å². The summed E-state index contributed by atoms with van der Waals surface area (Å²) in [5, 5.41) is 0. The van der Waals surface area contributed by atoms with Crippen molar-refractivity contribution in [2.75, 3.05) is 14.2 Å². The predicted octanol–water partition coefficient (Wildman–Crippen LogP) is 2.58. The monoisotopic (exact) mass is 386 g/mol. The quantitative estimate of drug-likeness (QED) is 0.493. The number of carbonyl (C=O) groups is 2. The van der Waals surface area contributed by atoms with Gasteiger partial charge in [-0.15, -0.1) is 0 Å². The van der Waals surface area contributed by atoms with Gasteiger partial charge in [-0.05, 0) is 11.1 Å². The molecular weight excluding hydrogens is 360 g/mol. The second kappa shape index (κ2) is 12.2. The normalized spacial score (nSPS) is 15.4. The van der Waals surface area contributed by atoms with Crippen LogP contribution in [0.5, 0.6) is 0 Å². The van der Waals surface area contributed by atoms with Crippen molar-refractivity contribution < 1.29 is 28.5 Å². The Hall–Kier alpha value is -2.38. The molecule has 2 rings (SSSR count). The topological polar surface area (TPSA) is 71.1 Å². The lowest BCUT2D eigenvalue weighted by atomic mass is 10.0. The number of benzene rings is 2. The molecule has 0 aliphatic heterocycles. The van der Waals surface area contributed by atoms with Crippen LogP contribution in [0.15, 0.2) is 60.7 Å². The molecular formula is C22H26O6. The summed E-state index contributed by atoms with van der Waals surface area (Å²) in [4.78, 5) is 23.3. The van der Waals surface area contributed by atoms with Crippen LogP contribution in [-0.4, -0.2) is 51.2 Å². The van der Waals surface area contributed by atoms with Crippen molar-refractivity contribution in [1.82, 2.24) is 0 Å². The molecule has 0 aliphatic carbocycles. The molecule has 0 N–H and O–H groups in total. The van der Waals surface area contributed by atoms with Crippen LogP contribution in [-0.2, 0) is 41.8 Å². The van der Waals surface area contributed by atoms with Crippen molar-refractivity contribution in [3.8, 4) is 0 Å². The maximum atomic E-state index is 11.6. The Morgan fingerprint density at radius 2 is 1.04 bits per heavy atom. The molecule has 0 radical (unpaired) electrons. The molecule has 6 heteroatoms. The van der Waals surface area contributed by atoms with Crippen LogP contribution in [0, 0.1) is 0 Å². The van der Waals surface area contributed by atoms with Gasteiger partial charge < -0.3 is 28.5 Å². The van der Waals surface area contributed by atoms with Gasteiger partial charge in [0.15, 0.2) is 12.6 Å². The fourth-order valence-electron chi connectivity index (χ4n) is 2.87. The van der Waals surface area contributed by atoms with Gasteiger partial charge in [-0.2, -0.15) is 0 Å². The number of aldehydes is 2. The fourth-order valence-corrected chi connectivity index (χ4v) is 2.87. The highest BCUT2D eigenvalue weighted by Crippen LogP contribution is 2.17. The van der Waals surface area contributed by atoms with Gasteiger partial charge in [-0.3, -0.25) is 0 Å². The molecule has 0 aliphatic rings. The fraction of sp³-hybridized carbons (Fsp3) is 0.364. The predicted molar refractivity (Wildman–Crippen MR) is 104 cm³/mol. The minimum absolute atomic E-state index is 0.233. The van der Waals surface area contributed by atoms with Crippen LogP contribution in [0.3, 0.4) is 0 Å². The summed E-state index contributed by atoms with van der Waals surface area (Å²) in [6.07, 6.45) is -2.14. The summed E-state index contributed by atoms with van der Waals surface area (Å²) < 4.78 is 22.4. The summed E-state index contributed by atoms with van der Waals surface area (Å²) >= 11 is 0. The average molecular weight is 386 g/mol. The zero-order valence-corrected chi connectivity index (χ0v) is 16.1. The van der Waals surface area contributed by atoms with Crippen molar-refractivity contribution in [1.29, 1.82) is 0 Å². The average Bonchev–Trinajstić information content (AvgIpc) is 2.76. The molecule has 6 nitrogen and oxygen atoms in total. The molecule has 2 aromatic carbocycles. The number of hydrogen-bond acceptors (Lipinski definition) is 6. The Bertz CT molecular complexity index is 629. The van der Waals surface area contributed by atoms with Crippen LogP contribution in [0.1, 0.15) is 11.1 Å². The Balaban J connectivity index is 2.04. The van der Waals surface area contributed by atoms with Gasteiger partial charge in [0.25, 0.3) is 0 Å². The molecule has 0 heterocycles. The van der Waals surface area contributed by atoms with Crippen LogP contribution in [0.4, 0.5) is 0 Å². The smallest absolute Gasteiger partial charge is 0.151 e. The molecule has 2 aromatic rings. The van der Waals surface area contributed by atoms with E-state index in [2.05, 4.69) is 0 Å². The molecule has 0 amide bonds. The molecule has 28 heavy (non-hydrogen) atoms. The number of carbonyl (C=O) groups excluding carboxylic acids is 2. The van der Waals surface area contributed by atoms with E-state index in [1.54, 1.807) is 0 Å². The van der Waals surface area contributed by atoms with E-state index in [0.29, 0.717) is 12.6 Å². The summed E-state index contributed by atoms with van der Waals surface area (Å²) in [5.41, 5.74) is 1.84. The molecule has 0 bridgehead atoms.